The van der Waals surface area contributed by atoms with Crippen molar-refractivity contribution in [2.45, 2.75) is 18.9 Å². The Balaban J connectivity index is 2.26. The van der Waals surface area contributed by atoms with Gasteiger partial charge in [0.25, 0.3) is 0 Å². The van der Waals surface area contributed by atoms with Gasteiger partial charge in [0.15, 0.2) is 0 Å². The molecule has 0 amide bonds. The standard InChI is InChI=1S/C7H14N2O4S2/c8-7(5-14-15(10,11)12)9-4-6-2-1-3-13-6/h6H,1-5H2,(H2,8,9)(H,10,11,12). The molecule has 0 aromatic heterocycles. The monoisotopic (exact) mass is 254 g/mol. The Bertz CT molecular complexity index is 322. The minimum Gasteiger partial charge on any atom is -0.387 e. The maximum absolute atomic E-state index is 10.4. The topological polar surface area (TPSA) is 102 Å². The minimum absolute atomic E-state index is 0.0223. The Morgan fingerprint density at radius 1 is 1.67 bits per heavy atom. The third kappa shape index (κ3) is 5.98. The second kappa shape index (κ2) is 5.69. The molecule has 6 nitrogen and oxygen atoms in total. The lowest BCUT2D eigenvalue weighted by Gasteiger charge is -2.05. The zero-order chi connectivity index (χ0) is 11.3. The number of nitrogens with two attached hydrogens (primary N) is 1. The van der Waals surface area contributed by atoms with Crippen molar-refractivity contribution < 1.29 is 17.7 Å². The van der Waals surface area contributed by atoms with Crippen LogP contribution in [0.2, 0.25) is 0 Å². The van der Waals surface area contributed by atoms with Crippen molar-refractivity contribution in [1.82, 2.24) is 0 Å². The average molecular weight is 254 g/mol. The molecule has 1 atom stereocenters. The van der Waals surface area contributed by atoms with Crippen LogP contribution in [0, 0.1) is 0 Å². The second-order valence-corrected chi connectivity index (χ2v) is 6.51. The maximum atomic E-state index is 10.4. The fourth-order valence-electron chi connectivity index (χ4n) is 1.19. The number of hydrogen-bond donors (Lipinski definition) is 2. The van der Waals surface area contributed by atoms with Crippen LogP contribution in [0.5, 0.6) is 0 Å². The van der Waals surface area contributed by atoms with Crippen molar-refractivity contribution in [2.24, 2.45) is 10.7 Å². The molecule has 0 spiro atoms. The number of hydrogen-bond acceptors (Lipinski definition) is 5. The molecule has 1 saturated heterocycles. The summed E-state index contributed by atoms with van der Waals surface area (Å²) in [6.45, 7) is 1.21. The van der Waals surface area contributed by atoms with Crippen LogP contribution in [-0.2, 0) is 13.9 Å². The van der Waals surface area contributed by atoms with Crippen molar-refractivity contribution in [3.8, 4) is 0 Å². The minimum atomic E-state index is -4.03. The van der Waals surface area contributed by atoms with Crippen LogP contribution in [0.4, 0.5) is 0 Å². The Morgan fingerprint density at radius 3 is 2.93 bits per heavy atom. The molecule has 0 bridgehead atoms. The predicted molar refractivity (Wildman–Crippen MR) is 59.5 cm³/mol. The van der Waals surface area contributed by atoms with Crippen molar-refractivity contribution in [2.75, 3.05) is 18.9 Å². The van der Waals surface area contributed by atoms with Crippen molar-refractivity contribution >= 4 is 25.8 Å². The number of aliphatic imine (C=N–C) groups is 1. The van der Waals surface area contributed by atoms with E-state index >= 15 is 0 Å². The first-order valence-corrected chi connectivity index (χ1v) is 7.44. The lowest BCUT2D eigenvalue weighted by Crippen LogP contribution is -2.19. The highest BCUT2D eigenvalue weighted by molar-refractivity contribution is 8.70. The van der Waals surface area contributed by atoms with E-state index < -0.39 is 9.15 Å². The van der Waals surface area contributed by atoms with Gasteiger partial charge in [-0.15, -0.1) is 0 Å². The van der Waals surface area contributed by atoms with E-state index in [2.05, 4.69) is 4.99 Å². The molecule has 0 aromatic rings. The van der Waals surface area contributed by atoms with E-state index in [0.717, 1.165) is 19.4 Å². The number of ether oxygens (including phenoxy) is 1. The number of rotatable bonds is 5. The van der Waals surface area contributed by atoms with Crippen LogP contribution in [0.25, 0.3) is 0 Å². The Hall–Kier alpha value is -0.310. The van der Waals surface area contributed by atoms with Crippen LogP contribution in [0.1, 0.15) is 12.8 Å². The summed E-state index contributed by atoms with van der Waals surface area (Å²) >= 11 is 0. The normalized spacial score (nSPS) is 23.3. The maximum Gasteiger partial charge on any atom is 0.320 e. The molecule has 1 rings (SSSR count). The molecular formula is C7H14N2O4S2. The molecular weight excluding hydrogens is 240 g/mol. The molecule has 0 saturated carbocycles. The van der Waals surface area contributed by atoms with Gasteiger partial charge in [-0.2, -0.15) is 8.42 Å². The van der Waals surface area contributed by atoms with E-state index in [-0.39, 0.29) is 17.7 Å². The highest BCUT2D eigenvalue weighted by Gasteiger charge is 2.14. The molecule has 1 aliphatic rings. The van der Waals surface area contributed by atoms with E-state index in [1.54, 1.807) is 0 Å². The third-order valence-electron chi connectivity index (χ3n) is 1.88. The van der Waals surface area contributed by atoms with Gasteiger partial charge >= 0.3 is 9.15 Å². The zero-order valence-corrected chi connectivity index (χ0v) is 9.76. The first-order chi connectivity index (χ1) is 6.97. The van der Waals surface area contributed by atoms with E-state index in [4.69, 9.17) is 15.0 Å². The van der Waals surface area contributed by atoms with Crippen LogP contribution in [-0.4, -0.2) is 43.8 Å². The molecule has 88 valence electrons. The Kier molecular flexibility index (Phi) is 4.84. The van der Waals surface area contributed by atoms with Crippen molar-refractivity contribution in [3.63, 3.8) is 0 Å². The number of amidine groups is 1. The summed E-state index contributed by atoms with van der Waals surface area (Å²) in [4.78, 5) is 3.98. The highest BCUT2D eigenvalue weighted by atomic mass is 33.1. The van der Waals surface area contributed by atoms with Crippen LogP contribution < -0.4 is 5.73 Å². The fourth-order valence-corrected chi connectivity index (χ4v) is 2.36. The van der Waals surface area contributed by atoms with E-state index in [1.807, 2.05) is 0 Å². The van der Waals surface area contributed by atoms with Gasteiger partial charge in [-0.05, 0) is 12.8 Å². The largest absolute Gasteiger partial charge is 0.387 e. The summed E-state index contributed by atoms with van der Waals surface area (Å²) in [7, 11) is -3.68. The van der Waals surface area contributed by atoms with Crippen molar-refractivity contribution in [1.29, 1.82) is 0 Å². The second-order valence-electron chi connectivity index (χ2n) is 3.16. The molecule has 0 aliphatic carbocycles. The van der Waals surface area contributed by atoms with Gasteiger partial charge in [0, 0.05) is 17.4 Å². The molecule has 1 heterocycles. The van der Waals surface area contributed by atoms with Gasteiger partial charge in [-0.3, -0.25) is 9.55 Å². The highest BCUT2D eigenvalue weighted by Crippen LogP contribution is 2.12. The van der Waals surface area contributed by atoms with Gasteiger partial charge in [-0.1, -0.05) is 0 Å². The summed E-state index contributed by atoms with van der Waals surface area (Å²) in [5.74, 6) is 0.180. The summed E-state index contributed by atoms with van der Waals surface area (Å²) in [5, 5.41) is 0. The first kappa shape index (κ1) is 12.8. The lowest BCUT2D eigenvalue weighted by molar-refractivity contribution is 0.118. The summed E-state index contributed by atoms with van der Waals surface area (Å²) < 4.78 is 34.5. The average Bonchev–Trinajstić information content (AvgIpc) is 2.62. The van der Waals surface area contributed by atoms with Crippen LogP contribution in [0.15, 0.2) is 4.99 Å². The summed E-state index contributed by atoms with van der Waals surface area (Å²) in [6, 6.07) is 0. The molecule has 1 fully saturated rings. The predicted octanol–water partition coefficient (Wildman–Crippen LogP) is 0.0586. The Morgan fingerprint density at radius 2 is 2.40 bits per heavy atom. The van der Waals surface area contributed by atoms with Crippen molar-refractivity contribution in [3.05, 3.63) is 0 Å². The van der Waals surface area contributed by atoms with Gasteiger partial charge in [0.1, 0.15) is 5.84 Å². The summed E-state index contributed by atoms with van der Waals surface area (Å²) in [6.07, 6.45) is 2.08. The van der Waals surface area contributed by atoms with E-state index in [0.29, 0.717) is 17.3 Å². The third-order valence-corrected chi connectivity index (χ3v) is 3.84. The first-order valence-electron chi connectivity index (χ1n) is 4.49. The molecule has 8 heteroatoms. The molecule has 0 aromatic carbocycles. The summed E-state index contributed by atoms with van der Waals surface area (Å²) in [5.41, 5.74) is 5.46. The van der Waals surface area contributed by atoms with Crippen LogP contribution in [0.3, 0.4) is 0 Å². The van der Waals surface area contributed by atoms with E-state index in [1.165, 1.54) is 0 Å². The smallest absolute Gasteiger partial charge is 0.320 e. The molecule has 1 aliphatic heterocycles. The quantitative estimate of drug-likeness (QED) is 0.311. The van der Waals surface area contributed by atoms with E-state index in [9.17, 15) is 8.42 Å². The molecule has 3 N–H and O–H groups in total. The van der Waals surface area contributed by atoms with Gasteiger partial charge < -0.3 is 10.5 Å². The van der Waals surface area contributed by atoms with Crippen LogP contribution >= 0.6 is 10.8 Å². The van der Waals surface area contributed by atoms with Gasteiger partial charge in [0.2, 0.25) is 0 Å². The molecule has 0 radical (unpaired) electrons. The molecule has 15 heavy (non-hydrogen) atoms. The zero-order valence-electron chi connectivity index (χ0n) is 8.13. The molecule has 1 unspecified atom stereocenters. The number of nitrogens with zero attached hydrogens (tertiary/aromatic N) is 1. The fraction of sp³-hybridized carbons (Fsp3) is 0.857. The lowest BCUT2D eigenvalue weighted by atomic mass is 10.2. The SMILES string of the molecule is NC(CSS(=O)(=O)O)=NCC1CCCO1. The Labute approximate surface area is 92.4 Å². The van der Waals surface area contributed by atoms with Gasteiger partial charge in [0.05, 0.1) is 18.4 Å². The van der Waals surface area contributed by atoms with Gasteiger partial charge in [-0.25, -0.2) is 0 Å².